The second-order valence-electron chi connectivity index (χ2n) is 6.37. The molecule has 3 rings (SSSR count). The van der Waals surface area contributed by atoms with Gasteiger partial charge in [-0.05, 0) is 41.3 Å². The molecule has 0 fully saturated rings. The molecule has 0 aliphatic rings. The fourth-order valence-electron chi connectivity index (χ4n) is 2.52. The van der Waals surface area contributed by atoms with Crippen LogP contribution in [0.4, 0.5) is 0 Å². The van der Waals surface area contributed by atoms with Gasteiger partial charge in [-0.1, -0.05) is 26.0 Å². The largest absolute Gasteiger partial charge is 0.351 e. The summed E-state index contributed by atoms with van der Waals surface area (Å²) in [6, 6.07) is 13.7. The maximum atomic E-state index is 12.3. The van der Waals surface area contributed by atoms with Crippen molar-refractivity contribution in [1.82, 2.24) is 5.32 Å². The van der Waals surface area contributed by atoms with Crippen molar-refractivity contribution >= 4 is 46.1 Å². The first-order valence-electron chi connectivity index (χ1n) is 8.69. The maximum Gasteiger partial charge on any atom is 0.224 e. The van der Waals surface area contributed by atoms with Crippen molar-refractivity contribution in [2.24, 2.45) is 0 Å². The number of carbonyl (C=O) groups is 2. The molecule has 2 heterocycles. The molecule has 3 aromatic rings. The van der Waals surface area contributed by atoms with E-state index in [1.807, 2.05) is 52.9 Å². The summed E-state index contributed by atoms with van der Waals surface area (Å²) in [6.07, 6.45) is 0.360. The van der Waals surface area contributed by atoms with Gasteiger partial charge in [0.05, 0.1) is 17.8 Å². The van der Waals surface area contributed by atoms with Gasteiger partial charge in [0.1, 0.15) is 0 Å². The molecule has 1 amide bonds. The molecule has 0 aliphatic carbocycles. The molecule has 1 N–H and O–H groups in total. The number of benzene rings is 1. The van der Waals surface area contributed by atoms with E-state index in [9.17, 15) is 9.59 Å². The number of carbonyl (C=O) groups excluding carboxylic acids is 2. The molecule has 0 aliphatic heterocycles. The van der Waals surface area contributed by atoms with E-state index >= 15 is 0 Å². The molecular weight excluding hydrogens is 394 g/mol. The molecule has 0 saturated heterocycles. The fourth-order valence-corrected chi connectivity index (χ4v) is 4.91. The molecule has 1 aromatic carbocycles. The van der Waals surface area contributed by atoms with Gasteiger partial charge >= 0.3 is 0 Å². The van der Waals surface area contributed by atoms with Crippen LogP contribution in [0.3, 0.4) is 0 Å². The Morgan fingerprint density at radius 3 is 2.52 bits per heavy atom. The lowest BCUT2D eigenvalue weighted by molar-refractivity contribution is -0.120. The number of amides is 1. The van der Waals surface area contributed by atoms with Gasteiger partial charge in [0, 0.05) is 26.0 Å². The predicted molar refractivity (Wildman–Crippen MR) is 115 cm³/mol. The highest BCUT2D eigenvalue weighted by Crippen LogP contribution is 2.23. The van der Waals surface area contributed by atoms with Gasteiger partial charge in [-0.15, -0.1) is 23.1 Å². The molecule has 2 aromatic heterocycles. The second kappa shape index (κ2) is 9.35. The van der Waals surface area contributed by atoms with Gasteiger partial charge in [-0.2, -0.15) is 11.3 Å². The van der Waals surface area contributed by atoms with Gasteiger partial charge in [-0.3, -0.25) is 9.59 Å². The van der Waals surface area contributed by atoms with E-state index in [0.29, 0.717) is 23.1 Å². The zero-order valence-electron chi connectivity index (χ0n) is 15.2. The summed E-state index contributed by atoms with van der Waals surface area (Å²) in [7, 11) is 0. The predicted octanol–water partition coefficient (Wildman–Crippen LogP) is 5.40. The number of hydrogen-bond donors (Lipinski definition) is 1. The van der Waals surface area contributed by atoms with E-state index in [-0.39, 0.29) is 11.7 Å². The molecule has 6 heteroatoms. The van der Waals surface area contributed by atoms with E-state index in [1.54, 1.807) is 0 Å². The molecular formula is C21H21NO2S3. The van der Waals surface area contributed by atoms with Crippen molar-refractivity contribution in [2.75, 3.05) is 0 Å². The first kappa shape index (κ1) is 19.9. The standard InChI is InChI=1S/C21H21NO2S3/c1-14(2)26-17-5-3-15(4-6-17)11-20(23)22-12-18-7-8-19(27-18)21(24)16-9-10-25-13-16/h3-10,13-14H,11-12H2,1-2H3,(H,22,23). The smallest absolute Gasteiger partial charge is 0.224 e. The van der Waals surface area contributed by atoms with Crippen LogP contribution in [0, 0.1) is 0 Å². The molecule has 0 bridgehead atoms. The summed E-state index contributed by atoms with van der Waals surface area (Å²) in [4.78, 5) is 27.4. The third-order valence-corrected chi connectivity index (χ3v) is 6.57. The highest BCUT2D eigenvalue weighted by molar-refractivity contribution is 7.99. The van der Waals surface area contributed by atoms with Crippen molar-refractivity contribution in [3.8, 4) is 0 Å². The minimum absolute atomic E-state index is 0.0154. The van der Waals surface area contributed by atoms with Crippen molar-refractivity contribution in [3.63, 3.8) is 0 Å². The minimum Gasteiger partial charge on any atom is -0.351 e. The monoisotopic (exact) mass is 415 g/mol. The van der Waals surface area contributed by atoms with Gasteiger partial charge in [0.25, 0.3) is 0 Å². The summed E-state index contributed by atoms with van der Waals surface area (Å²) in [5.41, 5.74) is 1.72. The van der Waals surface area contributed by atoms with E-state index in [0.717, 1.165) is 16.0 Å². The summed E-state index contributed by atoms with van der Waals surface area (Å²) in [5, 5.41) is 7.24. The Morgan fingerprint density at radius 2 is 1.85 bits per heavy atom. The average molecular weight is 416 g/mol. The molecule has 0 spiro atoms. The third-order valence-electron chi connectivity index (χ3n) is 3.79. The lowest BCUT2D eigenvalue weighted by Gasteiger charge is -2.07. The zero-order chi connectivity index (χ0) is 19.2. The molecule has 0 saturated carbocycles. The fraction of sp³-hybridized carbons (Fsp3) is 0.238. The maximum absolute atomic E-state index is 12.3. The Hall–Kier alpha value is -1.89. The highest BCUT2D eigenvalue weighted by atomic mass is 32.2. The number of ketones is 1. The van der Waals surface area contributed by atoms with Crippen LogP contribution in [0.1, 0.15) is 39.5 Å². The van der Waals surface area contributed by atoms with Gasteiger partial charge < -0.3 is 5.32 Å². The molecule has 140 valence electrons. The van der Waals surface area contributed by atoms with Crippen LogP contribution in [0.15, 0.2) is 58.1 Å². The summed E-state index contributed by atoms with van der Waals surface area (Å²) >= 11 is 4.76. The molecule has 0 radical (unpaired) electrons. The quantitative estimate of drug-likeness (QED) is 0.396. The molecule has 27 heavy (non-hydrogen) atoms. The second-order valence-corrected chi connectivity index (χ2v) is 9.97. The third kappa shape index (κ3) is 5.79. The van der Waals surface area contributed by atoms with Crippen LogP contribution < -0.4 is 5.32 Å². The first-order chi connectivity index (χ1) is 13.0. The van der Waals surface area contributed by atoms with Crippen LogP contribution in [-0.2, 0) is 17.8 Å². The van der Waals surface area contributed by atoms with E-state index in [4.69, 9.17) is 0 Å². The van der Waals surface area contributed by atoms with Crippen LogP contribution in [0.2, 0.25) is 0 Å². The Kier molecular flexibility index (Phi) is 6.88. The topological polar surface area (TPSA) is 46.2 Å². The van der Waals surface area contributed by atoms with Crippen molar-refractivity contribution in [1.29, 1.82) is 0 Å². The Morgan fingerprint density at radius 1 is 1.07 bits per heavy atom. The summed E-state index contributed by atoms with van der Waals surface area (Å²) in [6.45, 7) is 4.77. The lowest BCUT2D eigenvalue weighted by Crippen LogP contribution is -2.24. The van der Waals surface area contributed by atoms with Gasteiger partial charge in [0.15, 0.2) is 0 Å². The zero-order valence-corrected chi connectivity index (χ0v) is 17.7. The number of hydrogen-bond acceptors (Lipinski definition) is 5. The summed E-state index contributed by atoms with van der Waals surface area (Å²) in [5.74, 6) is 0.0246. The van der Waals surface area contributed by atoms with Crippen LogP contribution in [0.25, 0.3) is 0 Å². The van der Waals surface area contributed by atoms with Crippen molar-refractivity contribution in [3.05, 3.63) is 74.1 Å². The minimum atomic E-state index is -0.0154. The molecule has 0 atom stereocenters. The Bertz CT molecular complexity index is 896. The molecule has 3 nitrogen and oxygen atoms in total. The average Bonchev–Trinajstić information content (AvgIpc) is 3.33. The number of nitrogens with one attached hydrogen (secondary N) is 1. The van der Waals surface area contributed by atoms with Gasteiger partial charge in [-0.25, -0.2) is 0 Å². The summed E-state index contributed by atoms with van der Waals surface area (Å²) < 4.78 is 0. The van der Waals surface area contributed by atoms with E-state index < -0.39 is 0 Å². The normalized spacial score (nSPS) is 10.9. The van der Waals surface area contributed by atoms with E-state index in [1.165, 1.54) is 27.6 Å². The molecule has 0 unspecified atom stereocenters. The Balaban J connectivity index is 1.50. The van der Waals surface area contributed by atoms with Crippen LogP contribution >= 0.6 is 34.4 Å². The highest BCUT2D eigenvalue weighted by Gasteiger charge is 2.13. The number of thioether (sulfide) groups is 1. The number of rotatable bonds is 8. The van der Waals surface area contributed by atoms with Crippen LogP contribution in [0.5, 0.6) is 0 Å². The van der Waals surface area contributed by atoms with Gasteiger partial charge in [0.2, 0.25) is 11.7 Å². The van der Waals surface area contributed by atoms with E-state index in [2.05, 4.69) is 31.3 Å². The lowest BCUT2D eigenvalue weighted by atomic mass is 10.1. The first-order valence-corrected chi connectivity index (χ1v) is 11.3. The van der Waals surface area contributed by atoms with Crippen molar-refractivity contribution in [2.45, 2.75) is 37.0 Å². The number of thiophene rings is 2. The SMILES string of the molecule is CC(C)Sc1ccc(CC(=O)NCc2ccc(C(=O)c3ccsc3)s2)cc1. The van der Waals surface area contributed by atoms with Crippen LogP contribution in [-0.4, -0.2) is 16.9 Å². The van der Waals surface area contributed by atoms with Crippen molar-refractivity contribution < 1.29 is 9.59 Å². The Labute approximate surface area is 171 Å².